The number of benzene rings is 1. The van der Waals surface area contributed by atoms with Crippen LogP contribution in [0.15, 0.2) is 24.3 Å². The minimum Gasteiger partial charge on any atom is -0.444 e. The van der Waals surface area contributed by atoms with E-state index in [0.29, 0.717) is 6.54 Å². The first kappa shape index (κ1) is 19.3. The van der Waals surface area contributed by atoms with Crippen molar-refractivity contribution in [3.63, 3.8) is 0 Å². The molecule has 0 saturated carbocycles. The fourth-order valence-electron chi connectivity index (χ4n) is 2.09. The van der Waals surface area contributed by atoms with Gasteiger partial charge in [-0.2, -0.15) is 0 Å². The van der Waals surface area contributed by atoms with Gasteiger partial charge in [0.1, 0.15) is 5.60 Å². The van der Waals surface area contributed by atoms with Crippen LogP contribution in [0, 0.1) is 0 Å². The van der Waals surface area contributed by atoms with E-state index in [1.54, 1.807) is 0 Å². The number of carbonyl (C=O) groups is 1. The van der Waals surface area contributed by atoms with Gasteiger partial charge in [-0.05, 0) is 58.4 Å². The monoisotopic (exact) mass is 321 g/mol. The smallest absolute Gasteiger partial charge is 0.407 e. The van der Waals surface area contributed by atoms with Crippen molar-refractivity contribution in [2.45, 2.75) is 45.8 Å². The molecule has 0 fully saturated rings. The van der Waals surface area contributed by atoms with E-state index >= 15 is 0 Å². The molecule has 130 valence electrons. The summed E-state index contributed by atoms with van der Waals surface area (Å²) in [5, 5.41) is 6.23. The molecule has 1 unspecified atom stereocenters. The molecule has 2 N–H and O–H groups in total. The van der Waals surface area contributed by atoms with Gasteiger partial charge in [-0.15, -0.1) is 0 Å². The first-order valence-electron chi connectivity index (χ1n) is 8.16. The molecular weight excluding hydrogens is 290 g/mol. The minimum absolute atomic E-state index is 0.285. The van der Waals surface area contributed by atoms with Crippen molar-refractivity contribution in [3.8, 4) is 0 Å². The Bertz CT molecular complexity index is 478. The van der Waals surface area contributed by atoms with Gasteiger partial charge in [0.05, 0.1) is 0 Å². The number of anilines is 1. The molecule has 0 spiro atoms. The van der Waals surface area contributed by atoms with E-state index in [1.807, 2.05) is 34.9 Å². The van der Waals surface area contributed by atoms with E-state index in [-0.39, 0.29) is 12.1 Å². The SMILES string of the molecule is CC(NCCCNC(=O)OC(C)(C)C)c1ccc(N(C)C)cc1. The van der Waals surface area contributed by atoms with Gasteiger partial charge >= 0.3 is 6.09 Å². The van der Waals surface area contributed by atoms with Gasteiger partial charge in [-0.3, -0.25) is 0 Å². The molecule has 5 heteroatoms. The lowest BCUT2D eigenvalue weighted by Crippen LogP contribution is -2.34. The highest BCUT2D eigenvalue weighted by molar-refractivity contribution is 5.67. The molecule has 0 aromatic heterocycles. The second-order valence-corrected chi connectivity index (χ2v) is 6.94. The Labute approximate surface area is 140 Å². The number of amides is 1. The van der Waals surface area contributed by atoms with Crippen molar-refractivity contribution in [1.29, 1.82) is 0 Å². The molecule has 0 aliphatic heterocycles. The highest BCUT2D eigenvalue weighted by Crippen LogP contribution is 2.17. The van der Waals surface area contributed by atoms with Crippen LogP contribution in [0.3, 0.4) is 0 Å². The third-order valence-electron chi connectivity index (χ3n) is 3.38. The average molecular weight is 321 g/mol. The summed E-state index contributed by atoms with van der Waals surface area (Å²) in [5.74, 6) is 0. The summed E-state index contributed by atoms with van der Waals surface area (Å²) < 4.78 is 5.19. The number of alkyl carbamates (subject to hydrolysis) is 1. The van der Waals surface area contributed by atoms with Gasteiger partial charge in [0, 0.05) is 32.4 Å². The van der Waals surface area contributed by atoms with Crippen molar-refractivity contribution in [2.75, 3.05) is 32.1 Å². The first-order valence-corrected chi connectivity index (χ1v) is 8.16. The molecule has 0 aliphatic carbocycles. The van der Waals surface area contributed by atoms with Gasteiger partial charge in [0.15, 0.2) is 0 Å². The van der Waals surface area contributed by atoms with Crippen molar-refractivity contribution < 1.29 is 9.53 Å². The van der Waals surface area contributed by atoms with E-state index in [2.05, 4.69) is 46.7 Å². The Morgan fingerprint density at radius 3 is 2.30 bits per heavy atom. The number of nitrogens with one attached hydrogen (secondary N) is 2. The molecule has 0 saturated heterocycles. The van der Waals surface area contributed by atoms with Crippen LogP contribution in [0.5, 0.6) is 0 Å². The van der Waals surface area contributed by atoms with Crippen LogP contribution in [-0.4, -0.2) is 38.9 Å². The summed E-state index contributed by atoms with van der Waals surface area (Å²) in [6, 6.07) is 8.82. The molecule has 0 heterocycles. The number of nitrogens with zero attached hydrogens (tertiary/aromatic N) is 1. The van der Waals surface area contributed by atoms with Crippen LogP contribution in [0.1, 0.15) is 45.7 Å². The van der Waals surface area contributed by atoms with Gasteiger partial charge in [-0.1, -0.05) is 12.1 Å². The summed E-state index contributed by atoms with van der Waals surface area (Å²) >= 11 is 0. The Morgan fingerprint density at radius 2 is 1.78 bits per heavy atom. The fraction of sp³-hybridized carbons (Fsp3) is 0.611. The van der Waals surface area contributed by atoms with E-state index < -0.39 is 5.60 Å². The van der Waals surface area contributed by atoms with Crippen molar-refractivity contribution in [2.24, 2.45) is 0 Å². The standard InChI is InChI=1S/C18H31N3O2/c1-14(15-8-10-16(11-9-15)21(5)6)19-12-7-13-20-17(22)23-18(2,3)4/h8-11,14,19H,7,12-13H2,1-6H3,(H,20,22). The van der Waals surface area contributed by atoms with Crippen molar-refractivity contribution in [3.05, 3.63) is 29.8 Å². The molecule has 1 rings (SSSR count). The van der Waals surface area contributed by atoms with Gasteiger partial charge in [-0.25, -0.2) is 4.79 Å². The van der Waals surface area contributed by atoms with E-state index in [0.717, 1.165) is 13.0 Å². The number of hydrogen-bond acceptors (Lipinski definition) is 4. The largest absolute Gasteiger partial charge is 0.444 e. The number of ether oxygens (including phenoxy) is 1. The summed E-state index contributed by atoms with van der Waals surface area (Å²) in [6.45, 7) is 9.17. The normalized spacial score (nSPS) is 12.6. The van der Waals surface area contributed by atoms with Crippen LogP contribution in [0.25, 0.3) is 0 Å². The third-order valence-corrected chi connectivity index (χ3v) is 3.38. The molecule has 0 aliphatic rings. The molecular formula is C18H31N3O2. The predicted octanol–water partition coefficient (Wildman–Crippen LogP) is 3.32. The van der Waals surface area contributed by atoms with Crippen LogP contribution >= 0.6 is 0 Å². The summed E-state index contributed by atoms with van der Waals surface area (Å²) in [4.78, 5) is 13.6. The lowest BCUT2D eigenvalue weighted by Gasteiger charge is -2.20. The zero-order chi connectivity index (χ0) is 17.5. The molecule has 1 aromatic rings. The molecule has 1 aromatic carbocycles. The lowest BCUT2D eigenvalue weighted by molar-refractivity contribution is 0.0527. The summed E-state index contributed by atoms with van der Waals surface area (Å²) in [5.41, 5.74) is 2.01. The average Bonchev–Trinajstić information content (AvgIpc) is 2.45. The van der Waals surface area contributed by atoms with Gasteiger partial charge in [0.2, 0.25) is 0 Å². The molecule has 23 heavy (non-hydrogen) atoms. The van der Waals surface area contributed by atoms with Gasteiger partial charge < -0.3 is 20.3 Å². The highest BCUT2D eigenvalue weighted by Gasteiger charge is 2.15. The first-order chi connectivity index (χ1) is 10.7. The maximum absolute atomic E-state index is 11.5. The second-order valence-electron chi connectivity index (χ2n) is 6.94. The summed E-state index contributed by atoms with van der Waals surface area (Å²) in [7, 11) is 4.07. The maximum Gasteiger partial charge on any atom is 0.407 e. The highest BCUT2D eigenvalue weighted by atomic mass is 16.6. The second kappa shape index (κ2) is 8.77. The molecule has 1 atom stereocenters. The molecule has 0 radical (unpaired) electrons. The zero-order valence-electron chi connectivity index (χ0n) is 15.3. The lowest BCUT2D eigenvalue weighted by atomic mass is 10.1. The third kappa shape index (κ3) is 7.88. The quantitative estimate of drug-likeness (QED) is 0.757. The topological polar surface area (TPSA) is 53.6 Å². The van der Waals surface area contributed by atoms with Crippen LogP contribution < -0.4 is 15.5 Å². The van der Waals surface area contributed by atoms with E-state index in [1.165, 1.54) is 11.3 Å². The van der Waals surface area contributed by atoms with Crippen LogP contribution in [0.2, 0.25) is 0 Å². The Hall–Kier alpha value is -1.75. The Balaban J connectivity index is 2.24. The van der Waals surface area contributed by atoms with Crippen LogP contribution in [0.4, 0.5) is 10.5 Å². The minimum atomic E-state index is -0.449. The Kier molecular flexibility index (Phi) is 7.36. The summed E-state index contributed by atoms with van der Waals surface area (Å²) in [6.07, 6.45) is 0.504. The zero-order valence-corrected chi connectivity index (χ0v) is 15.3. The van der Waals surface area contributed by atoms with Crippen molar-refractivity contribution in [1.82, 2.24) is 10.6 Å². The van der Waals surface area contributed by atoms with Crippen LogP contribution in [-0.2, 0) is 4.74 Å². The van der Waals surface area contributed by atoms with E-state index in [9.17, 15) is 4.79 Å². The van der Waals surface area contributed by atoms with Crippen molar-refractivity contribution >= 4 is 11.8 Å². The number of rotatable bonds is 7. The molecule has 0 bridgehead atoms. The van der Waals surface area contributed by atoms with Gasteiger partial charge in [0.25, 0.3) is 0 Å². The fourth-order valence-corrected chi connectivity index (χ4v) is 2.09. The molecule has 5 nitrogen and oxygen atoms in total. The predicted molar refractivity (Wildman–Crippen MR) is 96.0 cm³/mol. The number of carbonyl (C=O) groups excluding carboxylic acids is 1. The maximum atomic E-state index is 11.5. The molecule has 1 amide bonds. The number of hydrogen-bond donors (Lipinski definition) is 2. The van der Waals surface area contributed by atoms with E-state index in [4.69, 9.17) is 4.74 Å². The Morgan fingerprint density at radius 1 is 1.17 bits per heavy atom.